The second kappa shape index (κ2) is 4.63. The summed E-state index contributed by atoms with van der Waals surface area (Å²) in [5.74, 6) is 0.790. The van der Waals surface area contributed by atoms with Gasteiger partial charge in [-0.15, -0.1) is 0 Å². The molecule has 0 radical (unpaired) electrons. The number of aliphatic hydroxyl groups is 1. The van der Waals surface area contributed by atoms with Crippen molar-refractivity contribution in [2.45, 2.75) is 57.0 Å². The highest BCUT2D eigenvalue weighted by atomic mass is 16.5. The van der Waals surface area contributed by atoms with E-state index in [4.69, 9.17) is 4.74 Å². The van der Waals surface area contributed by atoms with Crippen LogP contribution in [0.2, 0.25) is 0 Å². The standard InChI is InChI=1S/C12H22O2/c13-12(6-3-8-14-9-7-12)10-11-4-1-2-5-11/h11,13H,1-10H2. The highest BCUT2D eigenvalue weighted by Crippen LogP contribution is 2.36. The Kier molecular flexibility index (Phi) is 3.45. The molecule has 1 unspecified atom stereocenters. The van der Waals surface area contributed by atoms with Crippen molar-refractivity contribution >= 4 is 0 Å². The highest BCUT2D eigenvalue weighted by molar-refractivity contribution is 4.84. The number of rotatable bonds is 2. The van der Waals surface area contributed by atoms with Crippen LogP contribution in [0, 0.1) is 5.92 Å². The topological polar surface area (TPSA) is 29.5 Å². The molecule has 2 heteroatoms. The molecule has 2 nitrogen and oxygen atoms in total. The molecule has 2 fully saturated rings. The maximum Gasteiger partial charge on any atom is 0.0673 e. The van der Waals surface area contributed by atoms with Crippen LogP contribution in [0.3, 0.4) is 0 Å². The summed E-state index contributed by atoms with van der Waals surface area (Å²) < 4.78 is 5.39. The molecule has 1 aliphatic heterocycles. The Morgan fingerprint density at radius 2 is 1.86 bits per heavy atom. The van der Waals surface area contributed by atoms with Crippen molar-refractivity contribution in [3.63, 3.8) is 0 Å². The van der Waals surface area contributed by atoms with E-state index in [0.717, 1.165) is 44.8 Å². The Bertz CT molecular complexity index is 165. The fourth-order valence-corrected chi connectivity index (χ4v) is 2.95. The summed E-state index contributed by atoms with van der Waals surface area (Å²) in [6.45, 7) is 1.59. The summed E-state index contributed by atoms with van der Waals surface area (Å²) >= 11 is 0. The first-order valence-corrected chi connectivity index (χ1v) is 6.09. The van der Waals surface area contributed by atoms with Gasteiger partial charge in [0.1, 0.15) is 0 Å². The molecule has 2 aliphatic rings. The van der Waals surface area contributed by atoms with E-state index in [0.29, 0.717) is 0 Å². The molecule has 82 valence electrons. The van der Waals surface area contributed by atoms with Gasteiger partial charge in [0.15, 0.2) is 0 Å². The number of hydrogen-bond donors (Lipinski definition) is 1. The quantitative estimate of drug-likeness (QED) is 0.738. The molecule has 1 aliphatic carbocycles. The van der Waals surface area contributed by atoms with Crippen molar-refractivity contribution in [2.75, 3.05) is 13.2 Å². The molecular weight excluding hydrogens is 176 g/mol. The Morgan fingerprint density at radius 3 is 2.64 bits per heavy atom. The Hall–Kier alpha value is -0.0800. The molecule has 0 aromatic carbocycles. The number of ether oxygens (including phenoxy) is 1. The summed E-state index contributed by atoms with van der Waals surface area (Å²) in [6.07, 6.45) is 9.27. The van der Waals surface area contributed by atoms with Crippen LogP contribution in [0.1, 0.15) is 51.4 Å². The summed E-state index contributed by atoms with van der Waals surface area (Å²) in [6, 6.07) is 0. The molecule has 1 N–H and O–H groups in total. The summed E-state index contributed by atoms with van der Waals surface area (Å²) in [5.41, 5.74) is -0.397. The SMILES string of the molecule is OC1(CC2CCCC2)CCCOCC1. The van der Waals surface area contributed by atoms with Gasteiger partial charge in [-0.2, -0.15) is 0 Å². The smallest absolute Gasteiger partial charge is 0.0673 e. The molecule has 1 saturated heterocycles. The van der Waals surface area contributed by atoms with E-state index in [1.165, 1.54) is 25.7 Å². The van der Waals surface area contributed by atoms with Crippen LogP contribution in [0.25, 0.3) is 0 Å². The first kappa shape index (κ1) is 10.4. The molecule has 0 spiro atoms. The third-order valence-corrected chi connectivity index (χ3v) is 3.79. The molecule has 1 atom stereocenters. The van der Waals surface area contributed by atoms with Crippen molar-refractivity contribution in [2.24, 2.45) is 5.92 Å². The van der Waals surface area contributed by atoms with Gasteiger partial charge in [-0.1, -0.05) is 25.7 Å². The minimum atomic E-state index is -0.397. The van der Waals surface area contributed by atoms with Crippen molar-refractivity contribution in [3.8, 4) is 0 Å². The van der Waals surface area contributed by atoms with Crippen molar-refractivity contribution in [3.05, 3.63) is 0 Å². The van der Waals surface area contributed by atoms with Gasteiger partial charge < -0.3 is 9.84 Å². The van der Waals surface area contributed by atoms with Gasteiger partial charge in [-0.3, -0.25) is 0 Å². The summed E-state index contributed by atoms with van der Waals surface area (Å²) in [4.78, 5) is 0. The summed E-state index contributed by atoms with van der Waals surface area (Å²) in [5, 5.41) is 10.4. The molecule has 0 aromatic rings. The molecule has 0 amide bonds. The van der Waals surface area contributed by atoms with Crippen molar-refractivity contribution < 1.29 is 9.84 Å². The molecule has 14 heavy (non-hydrogen) atoms. The van der Waals surface area contributed by atoms with Crippen LogP contribution < -0.4 is 0 Å². The first-order chi connectivity index (χ1) is 6.79. The van der Waals surface area contributed by atoms with Gasteiger partial charge in [0, 0.05) is 13.2 Å². The molecule has 1 heterocycles. The van der Waals surface area contributed by atoms with E-state index in [1.807, 2.05) is 0 Å². The minimum Gasteiger partial charge on any atom is -0.390 e. The summed E-state index contributed by atoms with van der Waals surface area (Å²) in [7, 11) is 0. The normalized spacial score (nSPS) is 35.8. The lowest BCUT2D eigenvalue weighted by atomic mass is 9.84. The highest BCUT2D eigenvalue weighted by Gasteiger charge is 2.32. The van der Waals surface area contributed by atoms with Crippen LogP contribution >= 0.6 is 0 Å². The average Bonchev–Trinajstić information content (AvgIpc) is 2.55. The van der Waals surface area contributed by atoms with Crippen LogP contribution in [0.4, 0.5) is 0 Å². The lowest BCUT2D eigenvalue weighted by Crippen LogP contribution is -2.31. The van der Waals surface area contributed by atoms with Crippen LogP contribution in [0.15, 0.2) is 0 Å². The Morgan fingerprint density at radius 1 is 1.07 bits per heavy atom. The van der Waals surface area contributed by atoms with Gasteiger partial charge in [0.2, 0.25) is 0 Å². The zero-order chi connectivity index (χ0) is 9.86. The van der Waals surface area contributed by atoms with Gasteiger partial charge in [0.25, 0.3) is 0 Å². The van der Waals surface area contributed by atoms with E-state index in [1.54, 1.807) is 0 Å². The van der Waals surface area contributed by atoms with Crippen molar-refractivity contribution in [1.82, 2.24) is 0 Å². The predicted octanol–water partition coefficient (Wildman–Crippen LogP) is 2.50. The predicted molar refractivity (Wildman–Crippen MR) is 56.2 cm³/mol. The van der Waals surface area contributed by atoms with Gasteiger partial charge in [-0.05, 0) is 31.6 Å². The lowest BCUT2D eigenvalue weighted by Gasteiger charge is -2.28. The lowest BCUT2D eigenvalue weighted by molar-refractivity contribution is -0.00284. The van der Waals surface area contributed by atoms with Crippen LogP contribution in [-0.4, -0.2) is 23.9 Å². The van der Waals surface area contributed by atoms with Crippen LogP contribution in [0.5, 0.6) is 0 Å². The van der Waals surface area contributed by atoms with E-state index in [2.05, 4.69) is 0 Å². The third-order valence-electron chi connectivity index (χ3n) is 3.79. The number of hydrogen-bond acceptors (Lipinski definition) is 2. The van der Waals surface area contributed by atoms with Crippen LogP contribution in [-0.2, 0) is 4.74 Å². The molecule has 0 bridgehead atoms. The molecule has 0 aromatic heterocycles. The Labute approximate surface area is 86.6 Å². The maximum atomic E-state index is 10.4. The first-order valence-electron chi connectivity index (χ1n) is 6.09. The van der Waals surface area contributed by atoms with E-state index < -0.39 is 5.60 Å². The third kappa shape index (κ3) is 2.71. The fourth-order valence-electron chi connectivity index (χ4n) is 2.95. The molecule has 1 saturated carbocycles. The van der Waals surface area contributed by atoms with Gasteiger partial charge in [-0.25, -0.2) is 0 Å². The van der Waals surface area contributed by atoms with Crippen molar-refractivity contribution in [1.29, 1.82) is 0 Å². The van der Waals surface area contributed by atoms with E-state index >= 15 is 0 Å². The Balaban J connectivity index is 1.85. The zero-order valence-corrected chi connectivity index (χ0v) is 9.00. The minimum absolute atomic E-state index is 0.397. The van der Waals surface area contributed by atoms with Gasteiger partial charge in [0.05, 0.1) is 5.60 Å². The maximum absolute atomic E-state index is 10.4. The molecule has 2 rings (SSSR count). The monoisotopic (exact) mass is 198 g/mol. The second-order valence-corrected chi connectivity index (χ2v) is 5.04. The zero-order valence-electron chi connectivity index (χ0n) is 9.00. The van der Waals surface area contributed by atoms with E-state index in [-0.39, 0.29) is 0 Å². The van der Waals surface area contributed by atoms with E-state index in [9.17, 15) is 5.11 Å². The van der Waals surface area contributed by atoms with Gasteiger partial charge >= 0.3 is 0 Å². The molecular formula is C12H22O2. The second-order valence-electron chi connectivity index (χ2n) is 5.04. The average molecular weight is 198 g/mol. The largest absolute Gasteiger partial charge is 0.390 e. The fraction of sp³-hybridized carbons (Fsp3) is 1.00.